The van der Waals surface area contributed by atoms with Crippen molar-refractivity contribution < 1.29 is 35.9 Å². The van der Waals surface area contributed by atoms with Crippen LogP contribution < -0.4 is 5.73 Å². The van der Waals surface area contributed by atoms with Gasteiger partial charge in [0.1, 0.15) is 23.5 Å². The molecule has 12 heteroatoms. The van der Waals surface area contributed by atoms with Crippen molar-refractivity contribution in [2.75, 3.05) is 19.5 Å². The Morgan fingerprint density at radius 2 is 1.83 bits per heavy atom. The highest BCUT2D eigenvalue weighted by atomic mass is 35.5. The number of rotatable bonds is 6. The van der Waals surface area contributed by atoms with Gasteiger partial charge in [-0.3, -0.25) is 9.59 Å². The molecule has 2 N–H and O–H groups in total. The average Bonchev–Trinajstić information content (AvgIpc) is 3.36. The van der Waals surface area contributed by atoms with Crippen LogP contribution in [0.5, 0.6) is 0 Å². The highest BCUT2D eigenvalue weighted by Crippen LogP contribution is 2.67. The van der Waals surface area contributed by atoms with Gasteiger partial charge in [0.2, 0.25) is 5.91 Å². The van der Waals surface area contributed by atoms with Gasteiger partial charge in [0.15, 0.2) is 9.84 Å². The molecule has 0 spiro atoms. The molecule has 2 aromatic rings. The molecule has 2 heterocycles. The van der Waals surface area contributed by atoms with E-state index in [9.17, 15) is 26.8 Å². The van der Waals surface area contributed by atoms with E-state index in [-0.39, 0.29) is 42.6 Å². The van der Waals surface area contributed by atoms with E-state index < -0.39 is 66.5 Å². The first kappa shape index (κ1) is 25.0. The zero-order valence-electron chi connectivity index (χ0n) is 19.0. The first-order chi connectivity index (χ1) is 16.8. The lowest BCUT2D eigenvalue weighted by atomic mass is 9.76. The summed E-state index contributed by atoms with van der Waals surface area (Å²) in [7, 11) is -3.86. The van der Waals surface area contributed by atoms with Crippen LogP contribution in [-0.4, -0.2) is 56.2 Å². The van der Waals surface area contributed by atoms with Crippen molar-refractivity contribution in [3.8, 4) is 0 Å². The lowest BCUT2D eigenvalue weighted by Gasteiger charge is -2.44. The van der Waals surface area contributed by atoms with Crippen LogP contribution in [0.2, 0.25) is 5.02 Å². The van der Waals surface area contributed by atoms with E-state index in [4.69, 9.17) is 22.1 Å². The third-order valence-electron chi connectivity index (χ3n) is 7.53. The number of halogens is 4. The van der Waals surface area contributed by atoms with Gasteiger partial charge < -0.3 is 15.4 Å². The fraction of sp³-hybridized carbons (Fsp3) is 0.417. The fourth-order valence-electron chi connectivity index (χ4n) is 5.88. The number of primary amides is 1. The van der Waals surface area contributed by atoms with E-state index in [1.54, 1.807) is 0 Å². The predicted octanol–water partition coefficient (Wildman–Crippen LogP) is 3.05. The smallest absolute Gasteiger partial charge is 0.255 e. The zero-order valence-corrected chi connectivity index (χ0v) is 20.6. The minimum absolute atomic E-state index is 0.00770. The fourth-order valence-corrected chi connectivity index (χ4v) is 6.70. The van der Waals surface area contributed by atoms with E-state index >= 15 is 4.39 Å². The lowest BCUT2D eigenvalue weighted by Crippen LogP contribution is -2.55. The van der Waals surface area contributed by atoms with Crippen molar-refractivity contribution in [1.29, 1.82) is 0 Å². The third-order valence-corrected chi connectivity index (χ3v) is 8.91. The van der Waals surface area contributed by atoms with Crippen molar-refractivity contribution in [3.63, 3.8) is 0 Å². The topological polar surface area (TPSA) is 107 Å². The van der Waals surface area contributed by atoms with Crippen molar-refractivity contribution in [3.05, 3.63) is 63.9 Å². The summed E-state index contributed by atoms with van der Waals surface area (Å²) in [5.74, 6) is -5.50. The number of piperidine rings is 1. The summed E-state index contributed by atoms with van der Waals surface area (Å²) >= 11 is 5.76. The van der Waals surface area contributed by atoms with Crippen LogP contribution in [0, 0.1) is 29.3 Å². The summed E-state index contributed by atoms with van der Waals surface area (Å²) < 4.78 is 73.4. The predicted molar refractivity (Wildman–Crippen MR) is 123 cm³/mol. The van der Waals surface area contributed by atoms with Crippen LogP contribution >= 0.6 is 11.6 Å². The molecule has 3 unspecified atom stereocenters. The van der Waals surface area contributed by atoms with Gasteiger partial charge in [-0.15, -0.1) is 0 Å². The van der Waals surface area contributed by atoms with Gasteiger partial charge in [-0.1, -0.05) is 11.6 Å². The van der Waals surface area contributed by atoms with Gasteiger partial charge in [0, 0.05) is 23.7 Å². The maximum Gasteiger partial charge on any atom is 0.255 e. The number of hydrogen-bond donors (Lipinski definition) is 1. The lowest BCUT2D eigenvalue weighted by molar-refractivity contribution is -0.123. The Hall–Kier alpha value is -2.63. The number of ether oxygens (including phenoxy) is 1. The Labute approximate surface area is 210 Å². The number of carbonyl (C=O) groups is 2. The van der Waals surface area contributed by atoms with Crippen LogP contribution in [0.3, 0.4) is 0 Å². The van der Waals surface area contributed by atoms with Gasteiger partial charge in [0.05, 0.1) is 28.7 Å². The molecule has 2 aromatic carbocycles. The van der Waals surface area contributed by atoms with E-state index in [0.717, 1.165) is 36.6 Å². The number of amides is 2. The molecule has 192 valence electrons. The number of carbonyl (C=O) groups excluding carboxylic acids is 2. The average molecular weight is 543 g/mol. The molecule has 1 aliphatic carbocycles. The second-order valence-corrected chi connectivity index (χ2v) is 12.2. The van der Waals surface area contributed by atoms with Gasteiger partial charge in [0.25, 0.3) is 5.91 Å². The molecule has 1 saturated carbocycles. The number of benzene rings is 2. The van der Waals surface area contributed by atoms with E-state index in [0.29, 0.717) is 6.42 Å². The number of nitrogens with zero attached hydrogens (tertiary/aromatic N) is 1. The van der Waals surface area contributed by atoms with Crippen molar-refractivity contribution in [2.24, 2.45) is 17.6 Å². The molecule has 0 bridgehead atoms. The third kappa shape index (κ3) is 3.88. The minimum atomic E-state index is -3.86. The zero-order chi connectivity index (χ0) is 26.2. The van der Waals surface area contributed by atoms with Crippen LogP contribution in [0.4, 0.5) is 13.2 Å². The maximum atomic E-state index is 15.2. The van der Waals surface area contributed by atoms with Crippen LogP contribution in [-0.2, 0) is 19.4 Å². The molecule has 36 heavy (non-hydrogen) atoms. The Bertz CT molecular complexity index is 1400. The monoisotopic (exact) mass is 542 g/mol. The van der Waals surface area contributed by atoms with Crippen molar-refractivity contribution in [2.45, 2.75) is 35.2 Å². The Morgan fingerprint density at radius 3 is 2.42 bits per heavy atom. The molecular weight excluding hydrogens is 521 g/mol. The van der Waals surface area contributed by atoms with E-state index in [1.807, 2.05) is 0 Å². The highest BCUT2D eigenvalue weighted by molar-refractivity contribution is 7.90. The second-order valence-electron chi connectivity index (χ2n) is 9.73. The SMILES string of the molecule is CS(=O)(=O)c1cc(F)cc(C(=O)N2C(C(N)=O)CC3CC32[C@@H](c2cc(F)c(Cl)cc2F)C2COC2)c1. The number of likely N-dealkylation sites (tertiary alicyclic amines) is 1. The number of nitrogens with two attached hydrogens (primary N) is 1. The van der Waals surface area contributed by atoms with E-state index in [1.165, 1.54) is 4.90 Å². The molecule has 3 aliphatic rings. The Balaban J connectivity index is 1.66. The van der Waals surface area contributed by atoms with Crippen molar-refractivity contribution in [1.82, 2.24) is 4.90 Å². The molecule has 2 aliphatic heterocycles. The molecule has 2 amide bonds. The maximum absolute atomic E-state index is 15.2. The summed E-state index contributed by atoms with van der Waals surface area (Å²) in [6.45, 7) is 0.453. The van der Waals surface area contributed by atoms with Gasteiger partial charge in [-0.05, 0) is 54.7 Å². The Kier molecular flexibility index (Phi) is 5.88. The van der Waals surface area contributed by atoms with Crippen molar-refractivity contribution >= 4 is 33.3 Å². The number of fused-ring (bicyclic) bond motifs is 1. The molecule has 3 fully saturated rings. The molecular formula is C24H22ClF3N2O5S. The molecule has 7 nitrogen and oxygen atoms in total. The van der Waals surface area contributed by atoms with Crippen LogP contribution in [0.25, 0.3) is 0 Å². The largest absolute Gasteiger partial charge is 0.381 e. The molecule has 0 radical (unpaired) electrons. The normalized spacial score (nSPS) is 26.3. The summed E-state index contributed by atoms with van der Waals surface area (Å²) in [5, 5.41) is -0.396. The highest BCUT2D eigenvalue weighted by Gasteiger charge is 2.72. The quantitative estimate of drug-likeness (QED) is 0.565. The first-order valence-corrected chi connectivity index (χ1v) is 13.5. The summed E-state index contributed by atoms with van der Waals surface area (Å²) in [6, 6.07) is 3.47. The molecule has 0 aromatic heterocycles. The summed E-state index contributed by atoms with van der Waals surface area (Å²) in [4.78, 5) is 27.1. The van der Waals surface area contributed by atoms with Crippen LogP contribution in [0.15, 0.2) is 35.2 Å². The standard InChI is InChI=1S/C24H22ClF3N2O5S/c1-36(33,34)15-3-11(2-14(26)5-15)23(32)30-20(22(29)31)4-13-8-24(13,30)21(12-9-35-10-12)16-6-19(28)17(25)7-18(16)27/h2-3,5-7,12-13,20-21H,4,8-10H2,1H3,(H2,29,31)/t13?,20?,21-,24?/m1/s1. The van der Waals surface area contributed by atoms with E-state index in [2.05, 4.69) is 0 Å². The molecule has 4 atom stereocenters. The number of hydrogen-bond acceptors (Lipinski definition) is 5. The second kappa shape index (κ2) is 8.46. The van der Waals surface area contributed by atoms with Gasteiger partial charge >= 0.3 is 0 Å². The summed E-state index contributed by atoms with van der Waals surface area (Å²) in [6.07, 6.45) is 1.44. The van der Waals surface area contributed by atoms with Gasteiger partial charge in [-0.25, -0.2) is 21.6 Å². The summed E-state index contributed by atoms with van der Waals surface area (Å²) in [5.41, 5.74) is 4.21. The van der Waals surface area contributed by atoms with Gasteiger partial charge in [-0.2, -0.15) is 0 Å². The minimum Gasteiger partial charge on any atom is -0.381 e. The Morgan fingerprint density at radius 1 is 1.14 bits per heavy atom. The van der Waals surface area contributed by atoms with Crippen LogP contribution in [0.1, 0.15) is 34.7 Å². The molecule has 5 rings (SSSR count). The number of sulfone groups is 1. The first-order valence-electron chi connectivity index (χ1n) is 11.2. The molecule has 2 saturated heterocycles.